The van der Waals surface area contributed by atoms with Crippen molar-refractivity contribution in [2.24, 2.45) is 0 Å². The minimum absolute atomic E-state index is 0.108. The standard InChI is InChI=1S/C17H22N2O2S/c1-13-16(14-8-4-2-5-9-14)22(21)12-19(13)17(20)18-15-10-6-3-7-11-15/h2,4-5,8-9,15H,3,6-7,10-12H2,1H3,(H,18,20). The first-order valence-corrected chi connectivity index (χ1v) is 9.21. The second kappa shape index (κ2) is 6.65. The summed E-state index contributed by atoms with van der Waals surface area (Å²) >= 11 is 0. The molecular formula is C17H22N2O2S. The molecule has 1 saturated carbocycles. The van der Waals surface area contributed by atoms with E-state index in [-0.39, 0.29) is 17.9 Å². The molecule has 3 rings (SSSR count). The van der Waals surface area contributed by atoms with Gasteiger partial charge in [-0.25, -0.2) is 4.79 Å². The quantitative estimate of drug-likeness (QED) is 0.908. The second-order valence-corrected chi connectivity index (χ2v) is 7.33. The molecule has 0 bridgehead atoms. The predicted octanol–water partition coefficient (Wildman–Crippen LogP) is 3.44. The highest BCUT2D eigenvalue weighted by Gasteiger charge is 2.32. The first-order chi connectivity index (χ1) is 10.7. The highest BCUT2D eigenvalue weighted by molar-refractivity contribution is 7.94. The average molecular weight is 318 g/mol. The molecule has 0 radical (unpaired) electrons. The third-order valence-corrected chi connectivity index (χ3v) is 5.90. The molecule has 1 aliphatic carbocycles. The molecule has 22 heavy (non-hydrogen) atoms. The fourth-order valence-electron chi connectivity index (χ4n) is 3.21. The summed E-state index contributed by atoms with van der Waals surface area (Å²) in [6, 6.07) is 9.84. The topological polar surface area (TPSA) is 49.4 Å². The van der Waals surface area contributed by atoms with Gasteiger partial charge in [0.25, 0.3) is 0 Å². The Morgan fingerprint density at radius 3 is 2.55 bits per heavy atom. The first-order valence-electron chi connectivity index (χ1n) is 7.89. The predicted molar refractivity (Wildman–Crippen MR) is 89.3 cm³/mol. The molecule has 2 amide bonds. The van der Waals surface area contributed by atoms with Gasteiger partial charge < -0.3 is 5.32 Å². The minimum Gasteiger partial charge on any atom is -0.335 e. The summed E-state index contributed by atoms with van der Waals surface area (Å²) < 4.78 is 12.4. The molecular weight excluding hydrogens is 296 g/mol. The molecule has 1 unspecified atom stereocenters. The molecule has 1 fully saturated rings. The molecule has 1 heterocycles. The SMILES string of the molecule is CC1=C(c2ccccc2)S(=O)CN1C(=O)NC1CCCCC1. The van der Waals surface area contributed by atoms with Crippen LogP contribution in [-0.4, -0.2) is 27.1 Å². The Labute approximate surface area is 134 Å². The van der Waals surface area contributed by atoms with Crippen LogP contribution in [-0.2, 0) is 10.8 Å². The zero-order valence-electron chi connectivity index (χ0n) is 12.9. The van der Waals surface area contributed by atoms with Crippen molar-refractivity contribution in [3.05, 3.63) is 41.6 Å². The molecule has 2 aliphatic rings. The summed E-state index contributed by atoms with van der Waals surface area (Å²) in [5.74, 6) is 0.259. The van der Waals surface area contributed by atoms with Crippen LogP contribution in [0, 0.1) is 0 Å². The van der Waals surface area contributed by atoms with Crippen LogP contribution in [0.1, 0.15) is 44.6 Å². The maximum atomic E-state index is 12.5. The molecule has 5 heteroatoms. The highest BCUT2D eigenvalue weighted by Crippen LogP contribution is 2.31. The van der Waals surface area contributed by atoms with Crippen molar-refractivity contribution < 1.29 is 9.00 Å². The van der Waals surface area contributed by atoms with Crippen molar-refractivity contribution in [3.8, 4) is 0 Å². The molecule has 1 aromatic carbocycles. The Balaban J connectivity index is 1.76. The smallest absolute Gasteiger partial charge is 0.322 e. The fourth-order valence-corrected chi connectivity index (χ4v) is 4.72. The van der Waals surface area contributed by atoms with Crippen LogP contribution in [0.4, 0.5) is 4.79 Å². The normalized spacial score (nSPS) is 23.0. The zero-order valence-corrected chi connectivity index (χ0v) is 13.7. The van der Waals surface area contributed by atoms with Gasteiger partial charge in [-0.05, 0) is 25.3 Å². The Morgan fingerprint density at radius 1 is 1.18 bits per heavy atom. The fraction of sp³-hybridized carbons (Fsp3) is 0.471. The van der Waals surface area contributed by atoms with Crippen LogP contribution < -0.4 is 5.32 Å². The highest BCUT2D eigenvalue weighted by atomic mass is 32.2. The number of benzene rings is 1. The van der Waals surface area contributed by atoms with Crippen LogP contribution in [0.5, 0.6) is 0 Å². The molecule has 0 spiro atoms. The van der Waals surface area contributed by atoms with Gasteiger partial charge in [-0.1, -0.05) is 49.6 Å². The number of amides is 2. The van der Waals surface area contributed by atoms with E-state index < -0.39 is 10.8 Å². The average Bonchev–Trinajstić information content (AvgIpc) is 2.84. The summed E-state index contributed by atoms with van der Waals surface area (Å²) in [5, 5.41) is 3.10. The summed E-state index contributed by atoms with van der Waals surface area (Å²) in [6.45, 7) is 1.88. The molecule has 1 aliphatic heterocycles. The largest absolute Gasteiger partial charge is 0.335 e. The zero-order chi connectivity index (χ0) is 15.5. The van der Waals surface area contributed by atoms with Crippen LogP contribution >= 0.6 is 0 Å². The van der Waals surface area contributed by atoms with Crippen molar-refractivity contribution in [2.45, 2.75) is 45.1 Å². The van der Waals surface area contributed by atoms with Crippen molar-refractivity contribution >= 4 is 21.7 Å². The van der Waals surface area contributed by atoms with E-state index in [2.05, 4.69) is 5.32 Å². The van der Waals surface area contributed by atoms with Gasteiger partial charge in [0.1, 0.15) is 5.88 Å². The lowest BCUT2D eigenvalue weighted by atomic mass is 9.96. The molecule has 0 saturated heterocycles. The second-order valence-electron chi connectivity index (χ2n) is 5.97. The van der Waals surface area contributed by atoms with Gasteiger partial charge in [0.2, 0.25) is 0 Å². The number of carbonyl (C=O) groups is 1. The molecule has 1 N–H and O–H groups in total. The van der Waals surface area contributed by atoms with E-state index in [1.807, 2.05) is 37.3 Å². The van der Waals surface area contributed by atoms with E-state index in [1.165, 1.54) is 19.3 Å². The summed E-state index contributed by atoms with van der Waals surface area (Å²) in [4.78, 5) is 14.9. The lowest BCUT2D eigenvalue weighted by Gasteiger charge is -2.26. The number of hydrogen-bond donors (Lipinski definition) is 1. The monoisotopic (exact) mass is 318 g/mol. The number of nitrogens with one attached hydrogen (secondary N) is 1. The lowest BCUT2D eigenvalue weighted by Crippen LogP contribution is -2.44. The summed E-state index contributed by atoms with van der Waals surface area (Å²) in [6.07, 6.45) is 5.73. The van der Waals surface area contributed by atoms with Gasteiger partial charge in [-0.15, -0.1) is 0 Å². The van der Waals surface area contributed by atoms with Crippen LogP contribution in [0.3, 0.4) is 0 Å². The third kappa shape index (κ3) is 3.09. The molecule has 0 aromatic heterocycles. The van der Waals surface area contributed by atoms with Crippen molar-refractivity contribution in [1.29, 1.82) is 0 Å². The van der Waals surface area contributed by atoms with Crippen molar-refractivity contribution in [3.63, 3.8) is 0 Å². The third-order valence-electron chi connectivity index (χ3n) is 4.42. The lowest BCUT2D eigenvalue weighted by molar-refractivity contribution is 0.209. The van der Waals surface area contributed by atoms with Gasteiger partial charge in [0.05, 0.1) is 15.7 Å². The van der Waals surface area contributed by atoms with Crippen molar-refractivity contribution in [2.75, 3.05) is 5.88 Å². The van der Waals surface area contributed by atoms with Gasteiger partial charge in [0, 0.05) is 11.7 Å². The number of nitrogens with zero attached hydrogens (tertiary/aromatic N) is 1. The van der Waals surface area contributed by atoms with E-state index >= 15 is 0 Å². The minimum atomic E-state index is -1.15. The van der Waals surface area contributed by atoms with Gasteiger partial charge in [-0.3, -0.25) is 9.11 Å². The first kappa shape index (κ1) is 15.3. The van der Waals surface area contributed by atoms with E-state index in [0.29, 0.717) is 0 Å². The maximum Gasteiger partial charge on any atom is 0.322 e. The molecule has 1 aromatic rings. The van der Waals surface area contributed by atoms with E-state index in [4.69, 9.17) is 0 Å². The van der Waals surface area contributed by atoms with Crippen LogP contribution in [0.2, 0.25) is 0 Å². The Morgan fingerprint density at radius 2 is 1.86 bits per heavy atom. The number of urea groups is 1. The van der Waals surface area contributed by atoms with Crippen LogP contribution in [0.15, 0.2) is 36.0 Å². The summed E-state index contributed by atoms with van der Waals surface area (Å²) in [7, 11) is -1.15. The maximum absolute atomic E-state index is 12.5. The Kier molecular flexibility index (Phi) is 4.62. The van der Waals surface area contributed by atoms with Gasteiger partial charge >= 0.3 is 6.03 Å². The van der Waals surface area contributed by atoms with E-state index in [0.717, 1.165) is 29.0 Å². The number of hydrogen-bond acceptors (Lipinski definition) is 2. The molecule has 1 atom stereocenters. The van der Waals surface area contributed by atoms with Gasteiger partial charge in [-0.2, -0.15) is 0 Å². The van der Waals surface area contributed by atoms with Gasteiger partial charge in [0.15, 0.2) is 0 Å². The van der Waals surface area contributed by atoms with Crippen molar-refractivity contribution in [1.82, 2.24) is 10.2 Å². The van der Waals surface area contributed by atoms with Crippen LogP contribution in [0.25, 0.3) is 4.91 Å². The number of rotatable bonds is 2. The Hall–Kier alpha value is -1.62. The Bertz CT molecular complexity index is 606. The molecule has 4 nitrogen and oxygen atoms in total. The molecule has 118 valence electrons. The summed E-state index contributed by atoms with van der Waals surface area (Å²) in [5.41, 5.74) is 1.74. The van der Waals surface area contributed by atoms with E-state index in [1.54, 1.807) is 4.90 Å². The number of carbonyl (C=O) groups excluding carboxylic acids is 1. The number of allylic oxidation sites excluding steroid dienone is 1. The van der Waals surface area contributed by atoms with E-state index in [9.17, 15) is 9.00 Å².